The van der Waals surface area contributed by atoms with Gasteiger partial charge in [-0.15, -0.1) is 10.2 Å². The number of aromatic hydroxyl groups is 1. The molecule has 0 fully saturated rings. The highest BCUT2D eigenvalue weighted by molar-refractivity contribution is 5.61. The zero-order valence-electron chi connectivity index (χ0n) is 11.0. The molecule has 3 rings (SSSR count). The SMILES string of the molecule is Cc1cc(O)ccc1-c1nnc2n1CC(CN)CC2. The summed E-state index contributed by atoms with van der Waals surface area (Å²) in [5, 5.41) is 18.1. The Bertz CT molecular complexity index is 605. The second-order valence-corrected chi connectivity index (χ2v) is 5.19. The Balaban J connectivity index is 2.05. The lowest BCUT2D eigenvalue weighted by Crippen LogP contribution is -2.26. The quantitative estimate of drug-likeness (QED) is 0.855. The van der Waals surface area contributed by atoms with Crippen LogP contribution in [0.5, 0.6) is 5.75 Å². The van der Waals surface area contributed by atoms with Gasteiger partial charge in [0.15, 0.2) is 5.82 Å². The summed E-state index contributed by atoms with van der Waals surface area (Å²) in [5.74, 6) is 2.69. The van der Waals surface area contributed by atoms with E-state index in [-0.39, 0.29) is 5.75 Å². The molecule has 0 saturated carbocycles. The van der Waals surface area contributed by atoms with Gasteiger partial charge in [-0.3, -0.25) is 0 Å². The average Bonchev–Trinajstić information content (AvgIpc) is 2.81. The minimum atomic E-state index is 0.277. The Morgan fingerprint density at radius 3 is 3.00 bits per heavy atom. The monoisotopic (exact) mass is 258 g/mol. The molecule has 0 saturated heterocycles. The van der Waals surface area contributed by atoms with Gasteiger partial charge in [0.2, 0.25) is 0 Å². The van der Waals surface area contributed by atoms with Crippen LogP contribution in [0.1, 0.15) is 17.8 Å². The third kappa shape index (κ3) is 2.10. The van der Waals surface area contributed by atoms with Gasteiger partial charge in [-0.1, -0.05) is 0 Å². The molecular formula is C14H18N4O. The fourth-order valence-corrected chi connectivity index (χ4v) is 2.69. The molecule has 0 spiro atoms. The maximum Gasteiger partial charge on any atom is 0.164 e. The number of benzene rings is 1. The molecule has 2 heterocycles. The van der Waals surface area contributed by atoms with E-state index < -0.39 is 0 Å². The Kier molecular flexibility index (Phi) is 2.98. The molecule has 100 valence electrons. The molecule has 19 heavy (non-hydrogen) atoms. The zero-order valence-corrected chi connectivity index (χ0v) is 11.0. The Morgan fingerprint density at radius 2 is 2.26 bits per heavy atom. The molecule has 3 N–H and O–H groups in total. The van der Waals surface area contributed by atoms with Crippen molar-refractivity contribution in [1.82, 2.24) is 14.8 Å². The van der Waals surface area contributed by atoms with Crippen molar-refractivity contribution >= 4 is 0 Å². The number of fused-ring (bicyclic) bond motifs is 1. The third-order valence-corrected chi connectivity index (χ3v) is 3.83. The van der Waals surface area contributed by atoms with Crippen LogP contribution >= 0.6 is 0 Å². The van der Waals surface area contributed by atoms with Gasteiger partial charge in [-0.2, -0.15) is 0 Å². The van der Waals surface area contributed by atoms with Crippen LogP contribution in [-0.4, -0.2) is 26.4 Å². The van der Waals surface area contributed by atoms with Crippen molar-refractivity contribution in [3.05, 3.63) is 29.6 Å². The summed E-state index contributed by atoms with van der Waals surface area (Å²) in [5.41, 5.74) is 7.81. The third-order valence-electron chi connectivity index (χ3n) is 3.83. The molecule has 1 aromatic carbocycles. The molecule has 0 aliphatic carbocycles. The van der Waals surface area contributed by atoms with E-state index in [1.54, 1.807) is 12.1 Å². The van der Waals surface area contributed by atoms with Crippen LogP contribution in [0.3, 0.4) is 0 Å². The van der Waals surface area contributed by atoms with Crippen molar-refractivity contribution in [2.45, 2.75) is 26.3 Å². The molecule has 5 nitrogen and oxygen atoms in total. The van der Waals surface area contributed by atoms with Crippen LogP contribution in [0.15, 0.2) is 18.2 Å². The number of hydrogen-bond donors (Lipinski definition) is 2. The number of hydrogen-bond acceptors (Lipinski definition) is 4. The first-order valence-electron chi connectivity index (χ1n) is 6.61. The van der Waals surface area contributed by atoms with E-state index in [0.717, 1.165) is 42.2 Å². The standard InChI is InChI=1S/C14H18N4O/c1-9-6-11(19)3-4-12(9)14-17-16-13-5-2-10(7-15)8-18(13)14/h3-4,6,10,19H,2,5,7-8,15H2,1H3. The highest BCUT2D eigenvalue weighted by atomic mass is 16.3. The van der Waals surface area contributed by atoms with Crippen LogP contribution in [0.4, 0.5) is 0 Å². The first kappa shape index (κ1) is 12.2. The highest BCUT2D eigenvalue weighted by Crippen LogP contribution is 2.28. The summed E-state index contributed by atoms with van der Waals surface area (Å²) in [6, 6.07) is 5.33. The van der Waals surface area contributed by atoms with E-state index in [1.807, 2.05) is 13.0 Å². The van der Waals surface area contributed by atoms with Crippen molar-refractivity contribution < 1.29 is 5.11 Å². The van der Waals surface area contributed by atoms with Gasteiger partial charge < -0.3 is 15.4 Å². The van der Waals surface area contributed by atoms with Crippen LogP contribution < -0.4 is 5.73 Å². The van der Waals surface area contributed by atoms with Crippen LogP contribution in [0.2, 0.25) is 0 Å². The molecule has 0 radical (unpaired) electrons. The number of aryl methyl sites for hydroxylation is 2. The molecule has 0 amide bonds. The number of nitrogens with two attached hydrogens (primary N) is 1. The molecular weight excluding hydrogens is 240 g/mol. The minimum Gasteiger partial charge on any atom is -0.508 e. The van der Waals surface area contributed by atoms with Crippen LogP contribution in [0, 0.1) is 12.8 Å². The minimum absolute atomic E-state index is 0.277. The maximum absolute atomic E-state index is 9.49. The maximum atomic E-state index is 9.49. The van der Waals surface area contributed by atoms with E-state index >= 15 is 0 Å². The van der Waals surface area contributed by atoms with Crippen molar-refractivity contribution in [2.24, 2.45) is 11.7 Å². The summed E-state index contributed by atoms with van der Waals surface area (Å²) in [6.45, 7) is 3.56. The summed E-state index contributed by atoms with van der Waals surface area (Å²) < 4.78 is 2.17. The lowest BCUT2D eigenvalue weighted by atomic mass is 9.99. The summed E-state index contributed by atoms with van der Waals surface area (Å²) in [6.07, 6.45) is 2.02. The molecule has 1 aliphatic rings. The smallest absolute Gasteiger partial charge is 0.164 e. The molecule has 1 atom stereocenters. The highest BCUT2D eigenvalue weighted by Gasteiger charge is 2.23. The van der Waals surface area contributed by atoms with Gasteiger partial charge in [0, 0.05) is 18.5 Å². The molecule has 1 unspecified atom stereocenters. The normalized spacial score (nSPS) is 18.3. The van der Waals surface area contributed by atoms with Crippen LogP contribution in [0.25, 0.3) is 11.4 Å². The van der Waals surface area contributed by atoms with Gasteiger partial charge in [-0.05, 0) is 49.6 Å². The first-order valence-corrected chi connectivity index (χ1v) is 6.61. The second-order valence-electron chi connectivity index (χ2n) is 5.19. The fraction of sp³-hybridized carbons (Fsp3) is 0.429. The number of phenols is 1. The molecule has 1 aromatic heterocycles. The van der Waals surface area contributed by atoms with E-state index in [0.29, 0.717) is 12.5 Å². The number of phenolic OH excluding ortho intramolecular Hbond substituents is 1. The number of rotatable bonds is 2. The average molecular weight is 258 g/mol. The lowest BCUT2D eigenvalue weighted by Gasteiger charge is -2.23. The van der Waals surface area contributed by atoms with Crippen LogP contribution in [-0.2, 0) is 13.0 Å². The van der Waals surface area contributed by atoms with E-state index in [1.165, 1.54) is 0 Å². The summed E-state index contributed by atoms with van der Waals surface area (Å²) in [7, 11) is 0. The number of aromatic nitrogens is 3. The van der Waals surface area contributed by atoms with Gasteiger partial charge in [0.25, 0.3) is 0 Å². The largest absolute Gasteiger partial charge is 0.508 e. The number of nitrogens with zero attached hydrogens (tertiary/aromatic N) is 3. The fourth-order valence-electron chi connectivity index (χ4n) is 2.69. The van der Waals surface area contributed by atoms with Gasteiger partial charge in [-0.25, -0.2) is 0 Å². The Hall–Kier alpha value is -1.88. The first-order chi connectivity index (χ1) is 9.19. The Morgan fingerprint density at radius 1 is 1.42 bits per heavy atom. The van der Waals surface area contributed by atoms with Crippen molar-refractivity contribution in [3.8, 4) is 17.1 Å². The van der Waals surface area contributed by atoms with Gasteiger partial charge >= 0.3 is 0 Å². The molecule has 2 aromatic rings. The molecule has 5 heteroatoms. The van der Waals surface area contributed by atoms with E-state index in [2.05, 4.69) is 14.8 Å². The lowest BCUT2D eigenvalue weighted by molar-refractivity contribution is 0.375. The predicted octanol–water partition coefficient (Wildman–Crippen LogP) is 1.48. The van der Waals surface area contributed by atoms with Crippen molar-refractivity contribution in [3.63, 3.8) is 0 Å². The van der Waals surface area contributed by atoms with E-state index in [9.17, 15) is 5.11 Å². The second kappa shape index (κ2) is 4.66. The summed E-state index contributed by atoms with van der Waals surface area (Å²) in [4.78, 5) is 0. The molecule has 0 bridgehead atoms. The topological polar surface area (TPSA) is 77.0 Å². The zero-order chi connectivity index (χ0) is 13.4. The van der Waals surface area contributed by atoms with Crippen molar-refractivity contribution in [1.29, 1.82) is 0 Å². The molecule has 1 aliphatic heterocycles. The van der Waals surface area contributed by atoms with E-state index in [4.69, 9.17) is 5.73 Å². The summed E-state index contributed by atoms with van der Waals surface area (Å²) >= 11 is 0. The predicted molar refractivity (Wildman–Crippen MR) is 72.7 cm³/mol. The Labute approximate surface area is 112 Å². The van der Waals surface area contributed by atoms with Gasteiger partial charge in [0.1, 0.15) is 11.6 Å². The van der Waals surface area contributed by atoms with Crippen molar-refractivity contribution in [2.75, 3.05) is 6.54 Å². The van der Waals surface area contributed by atoms with Gasteiger partial charge in [0.05, 0.1) is 0 Å².